The molecule has 0 aliphatic heterocycles. The van der Waals surface area contributed by atoms with Gasteiger partial charge in [0.15, 0.2) is 5.13 Å². The Morgan fingerprint density at radius 1 is 1.53 bits per heavy atom. The van der Waals surface area contributed by atoms with Crippen molar-refractivity contribution < 1.29 is 0 Å². The molecule has 0 spiro atoms. The summed E-state index contributed by atoms with van der Waals surface area (Å²) in [5.74, 6) is 0.727. The Labute approximate surface area is 105 Å². The van der Waals surface area contributed by atoms with Gasteiger partial charge in [0.1, 0.15) is 6.33 Å². The summed E-state index contributed by atoms with van der Waals surface area (Å²) in [4.78, 5) is 9.02. The van der Waals surface area contributed by atoms with Crippen LogP contribution in [0, 0.1) is 0 Å². The summed E-state index contributed by atoms with van der Waals surface area (Å²) >= 11 is 1.70. The number of aromatic nitrogens is 3. The lowest BCUT2D eigenvalue weighted by Crippen LogP contribution is -2.11. The summed E-state index contributed by atoms with van der Waals surface area (Å²) in [5, 5.41) is 6.48. The first-order valence-electron chi connectivity index (χ1n) is 6.06. The molecule has 0 unspecified atom stereocenters. The maximum Gasteiger partial charge on any atom is 0.195 e. The predicted octanol–water partition coefficient (Wildman–Crippen LogP) is 2.32. The van der Waals surface area contributed by atoms with E-state index in [1.807, 2.05) is 10.9 Å². The number of thiazole rings is 1. The Kier molecular flexibility index (Phi) is 2.94. The second-order valence-electron chi connectivity index (χ2n) is 4.38. The molecule has 2 aromatic heterocycles. The first kappa shape index (κ1) is 10.9. The van der Waals surface area contributed by atoms with Crippen LogP contribution >= 0.6 is 11.3 Å². The van der Waals surface area contributed by atoms with E-state index in [9.17, 15) is 0 Å². The van der Waals surface area contributed by atoms with Crippen LogP contribution in [-0.2, 0) is 6.54 Å². The molecule has 17 heavy (non-hydrogen) atoms. The van der Waals surface area contributed by atoms with Gasteiger partial charge in [-0.1, -0.05) is 6.92 Å². The second-order valence-corrected chi connectivity index (χ2v) is 5.22. The van der Waals surface area contributed by atoms with Crippen LogP contribution < -0.4 is 5.32 Å². The molecule has 5 heteroatoms. The van der Waals surface area contributed by atoms with E-state index in [2.05, 4.69) is 33.8 Å². The molecule has 90 valence electrons. The lowest BCUT2D eigenvalue weighted by Gasteiger charge is -1.96. The van der Waals surface area contributed by atoms with Crippen molar-refractivity contribution in [3.05, 3.63) is 29.3 Å². The minimum atomic E-state index is 0.727. The Morgan fingerprint density at radius 3 is 3.18 bits per heavy atom. The summed E-state index contributed by atoms with van der Waals surface area (Å²) < 4.78 is 2.02. The van der Waals surface area contributed by atoms with Gasteiger partial charge >= 0.3 is 0 Å². The van der Waals surface area contributed by atoms with E-state index in [1.54, 1.807) is 11.3 Å². The van der Waals surface area contributed by atoms with E-state index in [4.69, 9.17) is 0 Å². The van der Waals surface area contributed by atoms with Gasteiger partial charge in [-0.05, 0) is 19.4 Å². The van der Waals surface area contributed by atoms with Gasteiger partial charge in [0, 0.05) is 24.0 Å². The first-order valence-corrected chi connectivity index (χ1v) is 6.94. The monoisotopic (exact) mass is 248 g/mol. The number of hydrogen-bond acceptors (Lipinski definition) is 4. The van der Waals surface area contributed by atoms with Gasteiger partial charge in [-0.2, -0.15) is 0 Å². The van der Waals surface area contributed by atoms with Gasteiger partial charge in [-0.3, -0.25) is 4.57 Å². The van der Waals surface area contributed by atoms with Crippen molar-refractivity contribution in [2.24, 2.45) is 0 Å². The number of rotatable bonds is 5. The average Bonchev–Trinajstić information content (AvgIpc) is 2.92. The Balaban J connectivity index is 1.75. The lowest BCUT2D eigenvalue weighted by molar-refractivity contribution is 0.713. The molecule has 1 aliphatic rings. The van der Waals surface area contributed by atoms with Crippen LogP contribution in [0.5, 0.6) is 0 Å². The van der Waals surface area contributed by atoms with Crippen molar-refractivity contribution in [3.63, 3.8) is 0 Å². The molecule has 1 saturated carbocycles. The highest BCUT2D eigenvalue weighted by molar-refractivity contribution is 7.12. The summed E-state index contributed by atoms with van der Waals surface area (Å²) in [6, 6.07) is 0. The number of imidazole rings is 1. The molecule has 2 aromatic rings. The highest BCUT2D eigenvalue weighted by Gasteiger charge is 2.26. The van der Waals surface area contributed by atoms with Crippen molar-refractivity contribution in [1.29, 1.82) is 0 Å². The standard InChI is InChI=1S/C12H16N4S/c1-2-13-5-10-6-16(8-14-10)12-15-11(7-17-12)9-3-4-9/h6-9,13H,2-5H2,1H3. The van der Waals surface area contributed by atoms with E-state index in [-0.39, 0.29) is 0 Å². The SMILES string of the molecule is CCNCc1cn(-c2nc(C3CC3)cs2)cn1. The Bertz CT molecular complexity index is 498. The van der Waals surface area contributed by atoms with Gasteiger partial charge < -0.3 is 5.32 Å². The van der Waals surface area contributed by atoms with Crippen molar-refractivity contribution in [2.45, 2.75) is 32.2 Å². The molecule has 1 fully saturated rings. The minimum absolute atomic E-state index is 0.727. The van der Waals surface area contributed by atoms with Crippen molar-refractivity contribution >= 4 is 11.3 Å². The Hall–Kier alpha value is -1.20. The molecule has 0 atom stereocenters. The van der Waals surface area contributed by atoms with Gasteiger partial charge in [-0.15, -0.1) is 11.3 Å². The van der Waals surface area contributed by atoms with E-state index in [0.29, 0.717) is 0 Å². The molecule has 1 N–H and O–H groups in total. The fourth-order valence-corrected chi connectivity index (χ4v) is 2.62. The summed E-state index contributed by atoms with van der Waals surface area (Å²) in [6.07, 6.45) is 6.51. The Morgan fingerprint density at radius 2 is 2.41 bits per heavy atom. The van der Waals surface area contributed by atoms with E-state index in [0.717, 1.165) is 29.8 Å². The van der Waals surface area contributed by atoms with Crippen LogP contribution in [0.3, 0.4) is 0 Å². The zero-order valence-corrected chi connectivity index (χ0v) is 10.7. The van der Waals surface area contributed by atoms with E-state index >= 15 is 0 Å². The third-order valence-corrected chi connectivity index (χ3v) is 3.79. The van der Waals surface area contributed by atoms with Crippen LogP contribution in [-0.4, -0.2) is 21.1 Å². The van der Waals surface area contributed by atoms with Crippen molar-refractivity contribution in [2.75, 3.05) is 6.54 Å². The maximum atomic E-state index is 4.66. The molecular formula is C12H16N4S. The van der Waals surface area contributed by atoms with Gasteiger partial charge in [-0.25, -0.2) is 9.97 Å². The third-order valence-electron chi connectivity index (χ3n) is 2.92. The fraction of sp³-hybridized carbons (Fsp3) is 0.500. The van der Waals surface area contributed by atoms with Gasteiger partial charge in [0.2, 0.25) is 0 Å². The lowest BCUT2D eigenvalue weighted by atomic mass is 10.3. The largest absolute Gasteiger partial charge is 0.311 e. The molecular weight excluding hydrogens is 232 g/mol. The number of hydrogen-bond donors (Lipinski definition) is 1. The fourth-order valence-electron chi connectivity index (χ4n) is 1.77. The molecule has 0 saturated heterocycles. The molecule has 0 amide bonds. The smallest absolute Gasteiger partial charge is 0.195 e. The van der Waals surface area contributed by atoms with Crippen LogP contribution in [0.25, 0.3) is 5.13 Å². The highest BCUT2D eigenvalue weighted by atomic mass is 32.1. The first-order chi connectivity index (χ1) is 8.36. The second kappa shape index (κ2) is 4.58. The molecule has 4 nitrogen and oxygen atoms in total. The van der Waals surface area contributed by atoms with Crippen molar-refractivity contribution in [1.82, 2.24) is 19.9 Å². The van der Waals surface area contributed by atoms with Crippen LogP contribution in [0.15, 0.2) is 17.9 Å². The summed E-state index contributed by atoms with van der Waals surface area (Å²) in [6.45, 7) is 3.89. The van der Waals surface area contributed by atoms with Crippen LogP contribution in [0.2, 0.25) is 0 Å². The van der Waals surface area contributed by atoms with E-state index < -0.39 is 0 Å². The quantitative estimate of drug-likeness (QED) is 0.883. The van der Waals surface area contributed by atoms with Crippen LogP contribution in [0.4, 0.5) is 0 Å². The molecule has 2 heterocycles. The molecule has 1 aliphatic carbocycles. The summed E-state index contributed by atoms with van der Waals surface area (Å²) in [5.41, 5.74) is 2.32. The number of nitrogens with zero attached hydrogens (tertiary/aromatic N) is 3. The van der Waals surface area contributed by atoms with Gasteiger partial charge in [0.25, 0.3) is 0 Å². The maximum absolute atomic E-state index is 4.66. The third kappa shape index (κ3) is 2.40. The van der Waals surface area contributed by atoms with E-state index in [1.165, 1.54) is 18.5 Å². The number of nitrogens with one attached hydrogen (secondary N) is 1. The summed E-state index contributed by atoms with van der Waals surface area (Å²) in [7, 11) is 0. The van der Waals surface area contributed by atoms with Crippen molar-refractivity contribution in [3.8, 4) is 5.13 Å². The zero-order chi connectivity index (χ0) is 11.7. The minimum Gasteiger partial charge on any atom is -0.311 e. The topological polar surface area (TPSA) is 42.7 Å². The normalized spacial score (nSPS) is 15.4. The molecule has 3 rings (SSSR count). The average molecular weight is 248 g/mol. The molecule has 0 bridgehead atoms. The highest BCUT2D eigenvalue weighted by Crippen LogP contribution is 2.40. The molecule has 0 aromatic carbocycles. The molecule has 0 radical (unpaired) electrons. The zero-order valence-electron chi connectivity index (χ0n) is 9.89. The predicted molar refractivity (Wildman–Crippen MR) is 68.6 cm³/mol. The van der Waals surface area contributed by atoms with Gasteiger partial charge in [0.05, 0.1) is 11.4 Å². The van der Waals surface area contributed by atoms with Crippen LogP contribution in [0.1, 0.15) is 37.1 Å².